The minimum atomic E-state index is -0.197. The highest BCUT2D eigenvalue weighted by atomic mass is 16.5. The van der Waals surface area contributed by atoms with E-state index < -0.39 is 0 Å². The van der Waals surface area contributed by atoms with Crippen molar-refractivity contribution in [1.82, 2.24) is 9.80 Å². The van der Waals surface area contributed by atoms with Crippen LogP contribution in [0.2, 0.25) is 0 Å². The van der Waals surface area contributed by atoms with E-state index in [2.05, 4.69) is 24.2 Å². The molecule has 1 saturated heterocycles. The fourth-order valence-corrected chi connectivity index (χ4v) is 5.08. The lowest BCUT2D eigenvalue weighted by molar-refractivity contribution is -0.133. The first-order valence-corrected chi connectivity index (χ1v) is 14.9. The Morgan fingerprint density at radius 3 is 2.44 bits per heavy atom. The van der Waals surface area contributed by atoms with Crippen molar-refractivity contribution in [2.75, 3.05) is 64.2 Å². The van der Waals surface area contributed by atoms with Crippen molar-refractivity contribution in [1.29, 1.82) is 0 Å². The first-order valence-electron chi connectivity index (χ1n) is 14.9. The average molecular weight is 589 g/mol. The number of para-hydroxylation sites is 3. The number of methoxy groups -OCH3 is 1. The molecule has 0 spiro atoms. The van der Waals surface area contributed by atoms with E-state index in [1.165, 1.54) is 0 Å². The molecule has 2 amide bonds. The Kier molecular flexibility index (Phi) is 11.3. The Morgan fingerprint density at radius 2 is 1.70 bits per heavy atom. The van der Waals surface area contributed by atoms with E-state index in [1.807, 2.05) is 41.3 Å². The molecule has 1 atom stereocenters. The van der Waals surface area contributed by atoms with E-state index in [0.717, 1.165) is 44.6 Å². The van der Waals surface area contributed by atoms with Gasteiger partial charge in [-0.15, -0.1) is 0 Å². The van der Waals surface area contributed by atoms with Gasteiger partial charge in [0.2, 0.25) is 5.91 Å². The Hall–Kier alpha value is -4.24. The molecule has 9 heteroatoms. The second-order valence-corrected chi connectivity index (χ2v) is 11.2. The van der Waals surface area contributed by atoms with Gasteiger partial charge in [-0.2, -0.15) is 0 Å². The number of carbonyl (C=O) groups excluding carboxylic acids is 2. The van der Waals surface area contributed by atoms with Gasteiger partial charge >= 0.3 is 0 Å². The van der Waals surface area contributed by atoms with Crippen LogP contribution < -0.4 is 19.7 Å². The molecule has 3 aromatic rings. The van der Waals surface area contributed by atoms with Crippen LogP contribution in [-0.2, 0) is 11.3 Å². The zero-order chi connectivity index (χ0) is 30.8. The molecule has 1 aliphatic heterocycles. The molecule has 0 aromatic heterocycles. The third-order valence-electron chi connectivity index (χ3n) is 8.02. The highest BCUT2D eigenvalue weighted by molar-refractivity contribution is 6.07. The van der Waals surface area contributed by atoms with Crippen molar-refractivity contribution in [3.63, 3.8) is 0 Å². The number of amides is 2. The molecule has 3 aromatic carbocycles. The maximum absolute atomic E-state index is 13.5. The minimum Gasteiger partial charge on any atom is -0.508 e. The molecule has 0 radical (unpaired) electrons. The summed E-state index contributed by atoms with van der Waals surface area (Å²) in [6.45, 7) is 6.54. The van der Waals surface area contributed by atoms with Crippen molar-refractivity contribution in [2.45, 2.75) is 32.7 Å². The number of nitrogens with zero attached hydrogens (tertiary/aromatic N) is 3. The Labute approximate surface area is 255 Å². The molecule has 1 heterocycles. The largest absolute Gasteiger partial charge is 0.508 e. The van der Waals surface area contributed by atoms with Gasteiger partial charge < -0.3 is 34.6 Å². The predicted molar refractivity (Wildman–Crippen MR) is 170 cm³/mol. The van der Waals surface area contributed by atoms with Gasteiger partial charge in [-0.3, -0.25) is 9.59 Å². The lowest BCUT2D eigenvalue weighted by Gasteiger charge is -2.32. The van der Waals surface area contributed by atoms with Crippen molar-refractivity contribution < 1.29 is 24.2 Å². The van der Waals surface area contributed by atoms with E-state index in [0.29, 0.717) is 53.9 Å². The Morgan fingerprint density at radius 1 is 0.977 bits per heavy atom. The number of ether oxygens (including phenoxy) is 2. The lowest BCUT2D eigenvalue weighted by Crippen LogP contribution is -2.47. The molecule has 1 fully saturated rings. The quantitative estimate of drug-likeness (QED) is 0.282. The van der Waals surface area contributed by atoms with Crippen LogP contribution in [-0.4, -0.2) is 80.7 Å². The molecular formula is C34H44N4O5. The molecule has 43 heavy (non-hydrogen) atoms. The number of likely N-dealkylation sites (N-methyl/N-ethyl adjacent to an activating group) is 1. The zero-order valence-corrected chi connectivity index (χ0v) is 25.7. The maximum Gasteiger partial charge on any atom is 0.258 e. The van der Waals surface area contributed by atoms with Crippen LogP contribution in [0.5, 0.6) is 17.2 Å². The summed E-state index contributed by atoms with van der Waals surface area (Å²) in [5.41, 5.74) is 2.62. The van der Waals surface area contributed by atoms with E-state index in [-0.39, 0.29) is 17.6 Å². The third-order valence-corrected chi connectivity index (χ3v) is 8.02. The molecule has 4 rings (SSSR count). The summed E-state index contributed by atoms with van der Waals surface area (Å²) in [6, 6.07) is 19.9. The predicted octanol–water partition coefficient (Wildman–Crippen LogP) is 5.25. The van der Waals surface area contributed by atoms with Gasteiger partial charge in [0.15, 0.2) is 0 Å². The number of rotatable bonds is 13. The van der Waals surface area contributed by atoms with Crippen LogP contribution in [0.15, 0.2) is 66.7 Å². The number of phenolic OH excluding ortho intramolecular Hbond substituents is 1. The van der Waals surface area contributed by atoms with E-state index in [9.17, 15) is 14.7 Å². The maximum atomic E-state index is 13.5. The number of piperazine rings is 1. The van der Waals surface area contributed by atoms with Gasteiger partial charge in [0.05, 0.1) is 25.1 Å². The number of hydrogen-bond donors (Lipinski definition) is 2. The average Bonchev–Trinajstić information content (AvgIpc) is 3.03. The number of carbonyl (C=O) groups is 2. The van der Waals surface area contributed by atoms with Gasteiger partial charge in [-0.25, -0.2) is 0 Å². The van der Waals surface area contributed by atoms with E-state index >= 15 is 0 Å². The first kappa shape index (κ1) is 31.7. The zero-order valence-electron chi connectivity index (χ0n) is 25.7. The molecule has 0 aliphatic carbocycles. The summed E-state index contributed by atoms with van der Waals surface area (Å²) in [4.78, 5) is 31.9. The van der Waals surface area contributed by atoms with Crippen LogP contribution in [0.4, 0.5) is 11.4 Å². The topological polar surface area (TPSA) is 94.6 Å². The van der Waals surface area contributed by atoms with Crippen molar-refractivity contribution >= 4 is 23.2 Å². The van der Waals surface area contributed by atoms with Crippen molar-refractivity contribution in [3.8, 4) is 17.2 Å². The van der Waals surface area contributed by atoms with Gasteiger partial charge in [0.1, 0.15) is 17.2 Å². The van der Waals surface area contributed by atoms with E-state index in [4.69, 9.17) is 9.47 Å². The number of benzene rings is 3. The number of hydrogen-bond acceptors (Lipinski definition) is 7. The number of aromatic hydroxyl groups is 1. The smallest absolute Gasteiger partial charge is 0.258 e. The summed E-state index contributed by atoms with van der Waals surface area (Å²) >= 11 is 0. The van der Waals surface area contributed by atoms with Crippen LogP contribution >= 0.6 is 0 Å². The van der Waals surface area contributed by atoms with E-state index in [1.54, 1.807) is 49.4 Å². The molecule has 9 nitrogen and oxygen atoms in total. The molecule has 0 saturated carbocycles. The molecule has 230 valence electrons. The van der Waals surface area contributed by atoms with Crippen LogP contribution in [0.25, 0.3) is 0 Å². The van der Waals surface area contributed by atoms with Gasteiger partial charge in [-0.05, 0) is 62.2 Å². The van der Waals surface area contributed by atoms with Gasteiger partial charge in [0.25, 0.3) is 5.91 Å². The Bertz CT molecular complexity index is 1370. The Balaban J connectivity index is 1.31. The number of nitrogens with one attached hydrogen (secondary N) is 1. The summed E-state index contributed by atoms with van der Waals surface area (Å²) in [5.74, 6) is 1.76. The van der Waals surface area contributed by atoms with Gasteiger partial charge in [0, 0.05) is 57.3 Å². The summed E-state index contributed by atoms with van der Waals surface area (Å²) < 4.78 is 11.7. The normalized spacial score (nSPS) is 14.2. The SMILES string of the molecule is COc1cc(C(=O)N(C)c2ccccc2OCCC(C)CCC(=O)N2CCN(C)CC2)ccc1NCc1ccccc1O. The lowest BCUT2D eigenvalue weighted by atomic mass is 10.0. The van der Waals surface area contributed by atoms with Crippen LogP contribution in [0.1, 0.15) is 42.1 Å². The number of anilines is 2. The highest BCUT2D eigenvalue weighted by Gasteiger charge is 2.21. The highest BCUT2D eigenvalue weighted by Crippen LogP contribution is 2.31. The van der Waals surface area contributed by atoms with Crippen LogP contribution in [0.3, 0.4) is 0 Å². The monoisotopic (exact) mass is 588 g/mol. The molecule has 1 aliphatic rings. The number of phenols is 1. The van der Waals surface area contributed by atoms with Crippen molar-refractivity contribution in [3.05, 3.63) is 77.9 Å². The summed E-state index contributed by atoms with van der Waals surface area (Å²) in [7, 11) is 5.38. The molecular weight excluding hydrogens is 544 g/mol. The van der Waals surface area contributed by atoms with Gasteiger partial charge in [-0.1, -0.05) is 37.3 Å². The fraction of sp³-hybridized carbons (Fsp3) is 0.412. The van der Waals surface area contributed by atoms with Crippen LogP contribution in [0, 0.1) is 5.92 Å². The molecule has 1 unspecified atom stereocenters. The molecule has 0 bridgehead atoms. The minimum absolute atomic E-state index is 0.197. The fourth-order valence-electron chi connectivity index (χ4n) is 5.08. The molecule has 2 N–H and O–H groups in total. The standard InChI is InChI=1S/C34H44N4O5/c1-25(13-16-33(40)38-20-18-36(2)19-21-38)17-22-43-31-12-8-6-10-29(31)37(3)34(41)26-14-15-28(32(23-26)42-4)35-24-27-9-5-7-11-30(27)39/h5-12,14-15,23,25,35,39H,13,16-22,24H2,1-4H3. The summed E-state index contributed by atoms with van der Waals surface area (Å²) in [6.07, 6.45) is 2.20. The third kappa shape index (κ3) is 8.64. The van der Waals surface area contributed by atoms with Crippen molar-refractivity contribution in [2.24, 2.45) is 5.92 Å². The second-order valence-electron chi connectivity index (χ2n) is 11.2. The second kappa shape index (κ2) is 15.3. The first-order chi connectivity index (χ1) is 20.8. The summed E-state index contributed by atoms with van der Waals surface area (Å²) in [5, 5.41) is 13.3.